The summed E-state index contributed by atoms with van der Waals surface area (Å²) in [4.78, 5) is 2.23. The van der Waals surface area contributed by atoms with Crippen LogP contribution in [-0.2, 0) is 17.7 Å². The van der Waals surface area contributed by atoms with Gasteiger partial charge < -0.3 is 19.3 Å². The predicted molar refractivity (Wildman–Crippen MR) is 139 cm³/mol. The molecule has 3 rings (SSSR count). The molecule has 1 heterocycles. The number of aliphatic hydroxyl groups excluding tert-OH is 1. The highest BCUT2D eigenvalue weighted by atomic mass is 16.5. The van der Waals surface area contributed by atoms with Crippen LogP contribution in [-0.4, -0.2) is 59.3 Å². The van der Waals surface area contributed by atoms with Gasteiger partial charge in [-0.1, -0.05) is 38.1 Å². The Morgan fingerprint density at radius 1 is 1.09 bits per heavy atom. The van der Waals surface area contributed by atoms with Crippen molar-refractivity contribution in [3.63, 3.8) is 0 Å². The minimum Gasteiger partial charge on any atom is -0.497 e. The molecule has 0 radical (unpaired) electrons. The predicted octanol–water partition coefficient (Wildman–Crippen LogP) is 5.01. The number of methoxy groups -OCH3 is 1. The number of aliphatic hydroxyl groups is 1. The Balaban J connectivity index is 1.95. The molecular weight excluding hydrogens is 442 g/mol. The fourth-order valence-electron chi connectivity index (χ4n) is 3.94. The van der Waals surface area contributed by atoms with E-state index in [4.69, 9.17) is 19.3 Å². The third kappa shape index (κ3) is 7.42. The molecule has 0 fully saturated rings. The fraction of sp³-hybridized carbons (Fsp3) is 0.393. The zero-order valence-corrected chi connectivity index (χ0v) is 21.0. The molecular formula is C28H37N3O4. The van der Waals surface area contributed by atoms with Gasteiger partial charge in [0.25, 0.3) is 0 Å². The van der Waals surface area contributed by atoms with Crippen LogP contribution in [0.25, 0.3) is 5.69 Å². The van der Waals surface area contributed by atoms with Crippen LogP contribution >= 0.6 is 0 Å². The monoisotopic (exact) mass is 479 g/mol. The normalized spacial score (nSPS) is 12.0. The second-order valence-electron chi connectivity index (χ2n) is 8.32. The highest BCUT2D eigenvalue weighted by Crippen LogP contribution is 2.33. The van der Waals surface area contributed by atoms with Crippen LogP contribution in [0.1, 0.15) is 31.5 Å². The number of nitrogens with zero attached hydrogens (tertiary/aromatic N) is 3. The number of aryl methyl sites for hydroxylation is 1. The van der Waals surface area contributed by atoms with E-state index in [-0.39, 0.29) is 6.61 Å². The van der Waals surface area contributed by atoms with Gasteiger partial charge in [-0.15, -0.1) is 6.58 Å². The van der Waals surface area contributed by atoms with Crippen LogP contribution in [0.15, 0.2) is 67.3 Å². The molecule has 0 unspecified atom stereocenters. The van der Waals surface area contributed by atoms with E-state index in [2.05, 4.69) is 25.3 Å². The van der Waals surface area contributed by atoms with Crippen molar-refractivity contribution in [2.45, 2.75) is 39.3 Å². The molecule has 2 aromatic carbocycles. The summed E-state index contributed by atoms with van der Waals surface area (Å²) in [5.74, 6) is 2.15. The van der Waals surface area contributed by atoms with Crippen LogP contribution < -0.4 is 9.47 Å². The molecule has 0 saturated heterocycles. The van der Waals surface area contributed by atoms with E-state index < -0.39 is 6.10 Å². The highest BCUT2D eigenvalue weighted by Gasteiger charge is 2.23. The van der Waals surface area contributed by atoms with Crippen LogP contribution in [0.3, 0.4) is 0 Å². The zero-order chi connectivity index (χ0) is 25.0. The second kappa shape index (κ2) is 13.7. The Morgan fingerprint density at radius 3 is 2.43 bits per heavy atom. The second-order valence-corrected chi connectivity index (χ2v) is 8.32. The van der Waals surface area contributed by atoms with Crippen molar-refractivity contribution in [2.24, 2.45) is 0 Å². The minimum absolute atomic E-state index is 0.269. The Hall–Kier alpha value is -3.13. The molecule has 1 N–H and O–H groups in total. The van der Waals surface area contributed by atoms with Gasteiger partial charge in [0.15, 0.2) is 0 Å². The summed E-state index contributed by atoms with van der Waals surface area (Å²) in [6.07, 6.45) is 2.81. The van der Waals surface area contributed by atoms with Crippen LogP contribution in [0, 0.1) is 0 Å². The zero-order valence-electron chi connectivity index (χ0n) is 21.0. The van der Waals surface area contributed by atoms with Crippen molar-refractivity contribution in [2.75, 3.05) is 33.4 Å². The van der Waals surface area contributed by atoms with E-state index >= 15 is 0 Å². The van der Waals surface area contributed by atoms with Crippen molar-refractivity contribution in [1.29, 1.82) is 0 Å². The maximum Gasteiger partial charge on any atom is 0.227 e. The average Bonchev–Trinajstić information content (AvgIpc) is 3.22. The number of hydrogen-bond acceptors (Lipinski definition) is 6. The number of hydrogen-bond donors (Lipinski definition) is 1. The van der Waals surface area contributed by atoms with Crippen molar-refractivity contribution in [3.8, 4) is 23.1 Å². The first-order chi connectivity index (χ1) is 17.1. The van der Waals surface area contributed by atoms with E-state index in [0.717, 1.165) is 42.1 Å². The minimum atomic E-state index is -0.596. The molecule has 0 bridgehead atoms. The van der Waals surface area contributed by atoms with E-state index in [1.807, 2.05) is 59.3 Å². The van der Waals surface area contributed by atoms with Crippen molar-refractivity contribution < 1.29 is 19.3 Å². The summed E-state index contributed by atoms with van der Waals surface area (Å²) < 4.78 is 19.1. The highest BCUT2D eigenvalue weighted by molar-refractivity contribution is 5.44. The molecule has 0 aliphatic rings. The van der Waals surface area contributed by atoms with Crippen molar-refractivity contribution in [3.05, 3.63) is 78.5 Å². The van der Waals surface area contributed by atoms with E-state index in [1.54, 1.807) is 13.2 Å². The first kappa shape index (κ1) is 26.5. The molecule has 3 aromatic rings. The van der Waals surface area contributed by atoms with Gasteiger partial charge in [0.2, 0.25) is 5.88 Å². The number of aromatic nitrogens is 2. The van der Waals surface area contributed by atoms with E-state index in [0.29, 0.717) is 31.3 Å². The Morgan fingerprint density at radius 2 is 1.80 bits per heavy atom. The Labute approximate surface area is 208 Å². The summed E-state index contributed by atoms with van der Waals surface area (Å²) in [6, 6.07) is 17.5. The molecule has 7 heteroatoms. The van der Waals surface area contributed by atoms with Gasteiger partial charge in [-0.25, -0.2) is 4.68 Å². The maximum atomic E-state index is 10.5. The third-order valence-electron chi connectivity index (χ3n) is 5.57. The number of para-hydroxylation sites is 1. The molecule has 0 amide bonds. The summed E-state index contributed by atoms with van der Waals surface area (Å²) in [5, 5.41) is 15.5. The first-order valence-electron chi connectivity index (χ1n) is 12.2. The lowest BCUT2D eigenvalue weighted by Crippen LogP contribution is -2.35. The van der Waals surface area contributed by atoms with Gasteiger partial charge in [0.1, 0.15) is 11.5 Å². The van der Waals surface area contributed by atoms with Crippen molar-refractivity contribution >= 4 is 0 Å². The first-order valence-corrected chi connectivity index (χ1v) is 12.2. The standard InChI is InChI=1S/C28H37N3O4/c1-5-17-30(19-23(32)21-34-18-6-2)20-26-27(7-3)29-31(22-11-9-8-10-12-22)28(26)35-25-15-13-24(33-4)14-16-25/h6,8-16,23,32H,2,5,7,17-21H2,1,3-4H3/t23-/m1/s1. The average molecular weight is 480 g/mol. The lowest BCUT2D eigenvalue weighted by molar-refractivity contribution is 0.0244. The Kier molecular flexibility index (Phi) is 10.3. The maximum absolute atomic E-state index is 10.5. The van der Waals surface area contributed by atoms with E-state index in [1.165, 1.54) is 0 Å². The van der Waals surface area contributed by atoms with Gasteiger partial charge in [-0.05, 0) is 55.8 Å². The molecule has 0 aliphatic carbocycles. The molecule has 1 aromatic heterocycles. The molecule has 188 valence electrons. The number of benzene rings is 2. The number of rotatable bonds is 15. The summed E-state index contributed by atoms with van der Waals surface area (Å²) in [6.45, 7) is 10.5. The fourth-order valence-corrected chi connectivity index (χ4v) is 3.94. The molecule has 35 heavy (non-hydrogen) atoms. The van der Waals surface area contributed by atoms with E-state index in [9.17, 15) is 5.11 Å². The SMILES string of the molecule is C=CCOC[C@H](O)CN(CCC)Cc1c(CC)nn(-c2ccccc2)c1Oc1ccc(OC)cc1. The van der Waals surface area contributed by atoms with Gasteiger partial charge in [0, 0.05) is 13.1 Å². The van der Waals surface area contributed by atoms with Gasteiger partial charge in [0.05, 0.1) is 43.4 Å². The molecule has 7 nitrogen and oxygen atoms in total. The third-order valence-corrected chi connectivity index (χ3v) is 5.57. The summed E-state index contributed by atoms with van der Waals surface area (Å²) in [5.41, 5.74) is 2.91. The number of ether oxygens (including phenoxy) is 3. The van der Waals surface area contributed by atoms with Crippen LogP contribution in [0.2, 0.25) is 0 Å². The van der Waals surface area contributed by atoms with Gasteiger partial charge in [-0.2, -0.15) is 5.10 Å². The lowest BCUT2D eigenvalue weighted by Gasteiger charge is -2.25. The van der Waals surface area contributed by atoms with Gasteiger partial charge in [-0.3, -0.25) is 4.90 Å². The topological polar surface area (TPSA) is 69.0 Å². The largest absolute Gasteiger partial charge is 0.497 e. The van der Waals surface area contributed by atoms with Crippen molar-refractivity contribution in [1.82, 2.24) is 14.7 Å². The summed E-state index contributed by atoms with van der Waals surface area (Å²) >= 11 is 0. The Bertz CT molecular complexity index is 1030. The molecule has 0 aliphatic heterocycles. The molecule has 1 atom stereocenters. The van der Waals surface area contributed by atoms with Crippen LogP contribution in [0.5, 0.6) is 17.4 Å². The molecule has 0 spiro atoms. The smallest absolute Gasteiger partial charge is 0.227 e. The lowest BCUT2D eigenvalue weighted by atomic mass is 10.1. The van der Waals surface area contributed by atoms with Gasteiger partial charge >= 0.3 is 0 Å². The quantitative estimate of drug-likeness (QED) is 0.244. The molecule has 0 saturated carbocycles. The summed E-state index contributed by atoms with van der Waals surface area (Å²) in [7, 11) is 1.64. The van der Waals surface area contributed by atoms with Crippen LogP contribution in [0.4, 0.5) is 0 Å².